The maximum atomic E-state index is 12.3. The average molecular weight is 345 g/mol. The van der Waals surface area contributed by atoms with E-state index in [1.165, 1.54) is 0 Å². The van der Waals surface area contributed by atoms with Gasteiger partial charge in [0.15, 0.2) is 0 Å². The molecule has 1 fully saturated rings. The highest BCUT2D eigenvalue weighted by molar-refractivity contribution is 5.78. The number of furan rings is 1. The van der Waals surface area contributed by atoms with Gasteiger partial charge in [-0.25, -0.2) is 4.79 Å². The minimum atomic E-state index is -0.195. The van der Waals surface area contributed by atoms with E-state index >= 15 is 0 Å². The number of rotatable bonds is 5. The highest BCUT2D eigenvalue weighted by atomic mass is 16.5. The fraction of sp³-hybridized carbons (Fsp3) is 0.526. The summed E-state index contributed by atoms with van der Waals surface area (Å²) in [5.41, 5.74) is 0.726. The number of morpholine rings is 1. The van der Waals surface area contributed by atoms with E-state index < -0.39 is 0 Å². The molecule has 1 aliphatic heterocycles. The molecule has 6 heteroatoms. The van der Waals surface area contributed by atoms with Crippen LogP contribution in [0.25, 0.3) is 11.0 Å². The number of amides is 2. The second-order valence-corrected chi connectivity index (χ2v) is 7.15. The highest BCUT2D eigenvalue weighted by Crippen LogP contribution is 2.23. The van der Waals surface area contributed by atoms with E-state index in [-0.39, 0.29) is 17.6 Å². The lowest BCUT2D eigenvalue weighted by atomic mass is 10.0. The first-order chi connectivity index (χ1) is 12.0. The summed E-state index contributed by atoms with van der Waals surface area (Å²) in [7, 11) is 0. The van der Waals surface area contributed by atoms with Crippen LogP contribution in [0.1, 0.15) is 32.6 Å². The number of hydrogen-bond donors (Lipinski definition) is 2. The quantitative estimate of drug-likeness (QED) is 0.874. The van der Waals surface area contributed by atoms with Crippen molar-refractivity contribution in [2.24, 2.45) is 0 Å². The Hall–Kier alpha value is -2.05. The third-order valence-corrected chi connectivity index (χ3v) is 4.77. The zero-order valence-corrected chi connectivity index (χ0v) is 15.2. The van der Waals surface area contributed by atoms with Gasteiger partial charge in [0, 0.05) is 30.6 Å². The Morgan fingerprint density at radius 1 is 1.28 bits per heavy atom. The Bertz CT molecular complexity index is 687. The van der Waals surface area contributed by atoms with Gasteiger partial charge in [-0.3, -0.25) is 4.90 Å². The van der Waals surface area contributed by atoms with Gasteiger partial charge in [0.1, 0.15) is 11.3 Å². The van der Waals surface area contributed by atoms with Crippen LogP contribution in [0.4, 0.5) is 4.79 Å². The van der Waals surface area contributed by atoms with Crippen LogP contribution >= 0.6 is 0 Å². The molecule has 3 rings (SSSR count). The molecule has 0 radical (unpaired) electrons. The van der Waals surface area contributed by atoms with Gasteiger partial charge < -0.3 is 19.8 Å². The molecule has 2 N–H and O–H groups in total. The molecule has 1 aliphatic rings. The zero-order chi connectivity index (χ0) is 17.9. The van der Waals surface area contributed by atoms with Gasteiger partial charge in [-0.1, -0.05) is 18.2 Å². The van der Waals surface area contributed by atoms with Crippen LogP contribution in [-0.4, -0.2) is 49.3 Å². The number of urea groups is 1. The normalized spacial score (nSPS) is 17.4. The van der Waals surface area contributed by atoms with Crippen LogP contribution in [0.15, 0.2) is 34.7 Å². The van der Waals surface area contributed by atoms with E-state index in [2.05, 4.69) is 29.4 Å². The smallest absolute Gasteiger partial charge is 0.315 e. The monoisotopic (exact) mass is 345 g/mol. The summed E-state index contributed by atoms with van der Waals surface area (Å²) in [6, 6.07) is 9.43. The lowest BCUT2D eigenvalue weighted by Gasteiger charge is -2.40. The van der Waals surface area contributed by atoms with E-state index in [1.807, 2.05) is 37.3 Å². The molecule has 1 atom stereocenters. The van der Waals surface area contributed by atoms with Crippen LogP contribution < -0.4 is 10.6 Å². The molecule has 0 unspecified atom stereocenters. The van der Waals surface area contributed by atoms with Gasteiger partial charge in [-0.15, -0.1) is 0 Å². The predicted octanol–water partition coefficient (Wildman–Crippen LogP) is 2.90. The van der Waals surface area contributed by atoms with E-state index in [4.69, 9.17) is 9.15 Å². The van der Waals surface area contributed by atoms with Crippen LogP contribution in [0, 0.1) is 0 Å². The molecule has 1 aromatic carbocycles. The molecule has 0 bridgehead atoms. The van der Waals surface area contributed by atoms with E-state index in [0.717, 1.165) is 43.0 Å². The molecule has 25 heavy (non-hydrogen) atoms. The summed E-state index contributed by atoms with van der Waals surface area (Å²) in [6.07, 6.45) is 0. The van der Waals surface area contributed by atoms with Crippen molar-refractivity contribution in [2.45, 2.75) is 32.4 Å². The Kier molecular flexibility index (Phi) is 5.30. The lowest BCUT2D eigenvalue weighted by Crippen LogP contribution is -2.56. The minimum absolute atomic E-state index is 0.107. The summed E-state index contributed by atoms with van der Waals surface area (Å²) in [5, 5.41) is 6.97. The van der Waals surface area contributed by atoms with Crippen molar-refractivity contribution in [1.29, 1.82) is 0 Å². The van der Waals surface area contributed by atoms with Crippen molar-refractivity contribution in [3.8, 4) is 0 Å². The molecule has 2 aromatic rings. The molecular weight excluding hydrogens is 318 g/mol. The minimum Gasteiger partial charge on any atom is -0.459 e. The van der Waals surface area contributed by atoms with Gasteiger partial charge in [0.2, 0.25) is 0 Å². The highest BCUT2D eigenvalue weighted by Gasteiger charge is 2.28. The first-order valence-electron chi connectivity index (χ1n) is 8.81. The van der Waals surface area contributed by atoms with Crippen molar-refractivity contribution in [3.63, 3.8) is 0 Å². The second-order valence-electron chi connectivity index (χ2n) is 7.15. The number of carbonyl (C=O) groups excluding carboxylic acids is 1. The maximum absolute atomic E-state index is 12.3. The molecule has 0 saturated carbocycles. The maximum Gasteiger partial charge on any atom is 0.315 e. The Morgan fingerprint density at radius 3 is 2.72 bits per heavy atom. The van der Waals surface area contributed by atoms with Crippen molar-refractivity contribution < 1.29 is 13.9 Å². The van der Waals surface area contributed by atoms with Crippen molar-refractivity contribution in [3.05, 3.63) is 36.1 Å². The number of nitrogens with one attached hydrogen (secondary N) is 2. The van der Waals surface area contributed by atoms with Crippen LogP contribution in [0.3, 0.4) is 0 Å². The third-order valence-electron chi connectivity index (χ3n) is 4.77. The predicted molar refractivity (Wildman–Crippen MR) is 97.6 cm³/mol. The molecular formula is C19H27N3O3. The van der Waals surface area contributed by atoms with Gasteiger partial charge in [0.25, 0.3) is 0 Å². The number of nitrogens with zero attached hydrogens (tertiary/aromatic N) is 1. The number of ether oxygens (including phenoxy) is 1. The molecule has 136 valence electrons. The topological polar surface area (TPSA) is 66.7 Å². The summed E-state index contributed by atoms with van der Waals surface area (Å²) in [4.78, 5) is 14.6. The number of carbonyl (C=O) groups is 1. The first-order valence-corrected chi connectivity index (χ1v) is 8.81. The second kappa shape index (κ2) is 7.45. The van der Waals surface area contributed by atoms with Gasteiger partial charge in [-0.2, -0.15) is 0 Å². The number of fused-ring (bicyclic) bond motifs is 1. The molecule has 6 nitrogen and oxygen atoms in total. The van der Waals surface area contributed by atoms with E-state index in [1.54, 1.807) is 0 Å². The Balaban J connectivity index is 1.53. The van der Waals surface area contributed by atoms with Gasteiger partial charge >= 0.3 is 6.03 Å². The number of hydrogen-bond acceptors (Lipinski definition) is 4. The van der Waals surface area contributed by atoms with Crippen molar-refractivity contribution in [2.75, 3.05) is 32.8 Å². The van der Waals surface area contributed by atoms with Crippen LogP contribution in [0.5, 0.6) is 0 Å². The fourth-order valence-electron chi connectivity index (χ4n) is 3.11. The third kappa shape index (κ3) is 4.32. The summed E-state index contributed by atoms with van der Waals surface area (Å²) >= 11 is 0. The molecule has 0 aliphatic carbocycles. The van der Waals surface area contributed by atoms with Crippen LogP contribution in [-0.2, 0) is 4.74 Å². The van der Waals surface area contributed by atoms with E-state index in [0.29, 0.717) is 6.54 Å². The summed E-state index contributed by atoms with van der Waals surface area (Å²) < 4.78 is 11.2. The first kappa shape index (κ1) is 17.8. The lowest BCUT2D eigenvalue weighted by molar-refractivity contribution is -0.00876. The summed E-state index contributed by atoms with van der Waals surface area (Å²) in [6.45, 7) is 10.1. The standard InChI is InChI=1S/C19H27N3O3/c1-14(17-12-15-6-4-5-7-16(15)25-17)21-18(23)20-13-19(2,3)22-8-10-24-11-9-22/h4-7,12,14H,8-11,13H2,1-3H3,(H2,20,21,23)/t14-/m1/s1. The zero-order valence-electron chi connectivity index (χ0n) is 15.2. The number of para-hydroxylation sites is 1. The molecule has 0 spiro atoms. The summed E-state index contributed by atoms with van der Waals surface area (Å²) in [5.74, 6) is 0.754. The molecule has 1 aromatic heterocycles. The number of benzene rings is 1. The van der Waals surface area contributed by atoms with Gasteiger partial charge in [0.05, 0.1) is 19.3 Å². The van der Waals surface area contributed by atoms with E-state index in [9.17, 15) is 4.79 Å². The molecule has 2 heterocycles. The Labute approximate surface area is 148 Å². The fourth-order valence-corrected chi connectivity index (χ4v) is 3.11. The van der Waals surface area contributed by atoms with Crippen molar-refractivity contribution in [1.82, 2.24) is 15.5 Å². The van der Waals surface area contributed by atoms with Crippen molar-refractivity contribution >= 4 is 17.0 Å². The Morgan fingerprint density at radius 2 is 2.00 bits per heavy atom. The SMILES string of the molecule is C[C@@H](NC(=O)NCC(C)(C)N1CCOCC1)c1cc2ccccc2o1. The average Bonchev–Trinajstić information content (AvgIpc) is 3.05. The van der Waals surface area contributed by atoms with Crippen LogP contribution in [0.2, 0.25) is 0 Å². The van der Waals surface area contributed by atoms with Gasteiger partial charge in [-0.05, 0) is 32.9 Å². The molecule has 1 saturated heterocycles. The largest absolute Gasteiger partial charge is 0.459 e. The molecule has 2 amide bonds.